The van der Waals surface area contributed by atoms with Crippen molar-refractivity contribution in [3.05, 3.63) is 52.7 Å². The summed E-state index contributed by atoms with van der Waals surface area (Å²) in [5, 5.41) is 11.9. The fourth-order valence-electron chi connectivity index (χ4n) is 1.42. The quantitative estimate of drug-likeness (QED) is 0.855. The molecule has 1 aromatic heterocycles. The van der Waals surface area contributed by atoms with Crippen LogP contribution in [-0.2, 0) is 18.0 Å². The van der Waals surface area contributed by atoms with Gasteiger partial charge < -0.3 is 14.4 Å². The molecule has 0 spiro atoms. The molecule has 20 heavy (non-hydrogen) atoms. The highest BCUT2D eigenvalue weighted by molar-refractivity contribution is 5.85. The van der Waals surface area contributed by atoms with Gasteiger partial charge in [-0.15, -0.1) is 0 Å². The molecular weight excluding hydrogens is 279 g/mol. The van der Waals surface area contributed by atoms with Gasteiger partial charge >= 0.3 is 5.97 Å². The molecule has 0 unspecified atom stereocenters. The minimum Gasteiger partial charge on any atom is -0.476 e. The van der Waals surface area contributed by atoms with Gasteiger partial charge in [0, 0.05) is 11.6 Å². The van der Waals surface area contributed by atoms with Gasteiger partial charge in [0.05, 0.1) is 6.61 Å². The number of benzene rings is 1. The van der Waals surface area contributed by atoms with E-state index in [9.17, 15) is 18.0 Å². The van der Waals surface area contributed by atoms with Crippen LogP contribution in [0.5, 0.6) is 0 Å². The lowest BCUT2D eigenvalue weighted by Crippen LogP contribution is -2.00. The molecule has 0 fully saturated rings. The van der Waals surface area contributed by atoms with E-state index in [1.165, 1.54) is 0 Å². The largest absolute Gasteiger partial charge is 0.476 e. The summed E-state index contributed by atoms with van der Waals surface area (Å²) in [4.78, 5) is 10.5. The van der Waals surface area contributed by atoms with E-state index in [4.69, 9.17) is 9.84 Å². The first-order valence-electron chi connectivity index (χ1n) is 5.38. The van der Waals surface area contributed by atoms with Gasteiger partial charge in [0.15, 0.2) is 28.9 Å². The fourth-order valence-corrected chi connectivity index (χ4v) is 1.42. The van der Waals surface area contributed by atoms with E-state index >= 15 is 0 Å². The summed E-state index contributed by atoms with van der Waals surface area (Å²) in [6.07, 6.45) is 0. The minimum atomic E-state index is -1.57. The molecule has 2 aromatic rings. The molecule has 0 radical (unpaired) electrons. The third kappa shape index (κ3) is 2.97. The maximum Gasteiger partial charge on any atom is 0.358 e. The number of hydrogen-bond donors (Lipinski definition) is 1. The van der Waals surface area contributed by atoms with Crippen LogP contribution in [-0.4, -0.2) is 16.2 Å². The summed E-state index contributed by atoms with van der Waals surface area (Å²) < 4.78 is 48.6. The average molecular weight is 287 g/mol. The van der Waals surface area contributed by atoms with Crippen LogP contribution in [0.4, 0.5) is 13.2 Å². The van der Waals surface area contributed by atoms with Gasteiger partial charge in [0.25, 0.3) is 0 Å². The summed E-state index contributed by atoms with van der Waals surface area (Å²) in [6, 6.07) is 2.98. The van der Waals surface area contributed by atoms with E-state index in [0.717, 1.165) is 18.2 Å². The van der Waals surface area contributed by atoms with Gasteiger partial charge in [-0.3, -0.25) is 0 Å². The lowest BCUT2D eigenvalue weighted by atomic mass is 10.2. The maximum atomic E-state index is 13.3. The SMILES string of the molecule is O=C(O)c1cc(COCc2ccc(F)c(F)c2F)on1. The Hall–Kier alpha value is -2.35. The highest BCUT2D eigenvalue weighted by Gasteiger charge is 2.14. The van der Waals surface area contributed by atoms with Crippen molar-refractivity contribution in [2.24, 2.45) is 0 Å². The van der Waals surface area contributed by atoms with E-state index in [-0.39, 0.29) is 30.2 Å². The van der Waals surface area contributed by atoms with Crippen molar-refractivity contribution >= 4 is 5.97 Å². The number of ether oxygens (including phenoxy) is 1. The Kier molecular flexibility index (Phi) is 4.04. The first-order chi connectivity index (χ1) is 9.49. The molecule has 2 rings (SSSR count). The number of aromatic nitrogens is 1. The monoisotopic (exact) mass is 287 g/mol. The molecule has 0 saturated carbocycles. The molecule has 0 amide bonds. The summed E-state index contributed by atoms with van der Waals surface area (Å²) in [5.41, 5.74) is -0.454. The second-order valence-corrected chi connectivity index (χ2v) is 3.81. The molecule has 0 aliphatic heterocycles. The van der Waals surface area contributed by atoms with Crippen LogP contribution < -0.4 is 0 Å². The Balaban J connectivity index is 1.96. The second-order valence-electron chi connectivity index (χ2n) is 3.81. The first kappa shape index (κ1) is 14.1. The van der Waals surface area contributed by atoms with E-state index in [1.54, 1.807) is 0 Å². The Bertz CT molecular complexity index is 642. The third-order valence-corrected chi connectivity index (χ3v) is 2.40. The lowest BCUT2D eigenvalue weighted by molar-refractivity contribution is 0.0683. The van der Waals surface area contributed by atoms with Gasteiger partial charge in [-0.2, -0.15) is 0 Å². The second kappa shape index (κ2) is 5.74. The first-order valence-corrected chi connectivity index (χ1v) is 5.38. The van der Waals surface area contributed by atoms with Crippen LogP contribution in [0, 0.1) is 17.5 Å². The Labute approximate surface area is 110 Å². The molecular formula is C12H8F3NO4. The molecule has 106 valence electrons. The van der Waals surface area contributed by atoms with E-state index < -0.39 is 23.4 Å². The molecule has 0 aliphatic rings. The molecule has 1 heterocycles. The van der Waals surface area contributed by atoms with E-state index in [1.807, 2.05) is 0 Å². The predicted octanol–water partition coefficient (Wildman–Crippen LogP) is 2.51. The highest BCUT2D eigenvalue weighted by Crippen LogP contribution is 2.16. The molecule has 0 bridgehead atoms. The van der Waals surface area contributed by atoms with Crippen molar-refractivity contribution in [1.82, 2.24) is 5.16 Å². The van der Waals surface area contributed by atoms with Crippen LogP contribution in [0.15, 0.2) is 22.7 Å². The Morgan fingerprint density at radius 1 is 1.25 bits per heavy atom. The molecule has 0 saturated heterocycles. The third-order valence-electron chi connectivity index (χ3n) is 2.40. The molecule has 1 aromatic carbocycles. The number of halogens is 3. The van der Waals surface area contributed by atoms with Crippen molar-refractivity contribution in [3.8, 4) is 0 Å². The predicted molar refractivity (Wildman–Crippen MR) is 58.3 cm³/mol. The van der Waals surface area contributed by atoms with Crippen LogP contribution in [0.3, 0.4) is 0 Å². The fraction of sp³-hybridized carbons (Fsp3) is 0.167. The summed E-state index contributed by atoms with van der Waals surface area (Å²) in [6.45, 7) is -0.509. The van der Waals surface area contributed by atoms with Crippen LogP contribution in [0.2, 0.25) is 0 Å². The number of aromatic carboxylic acids is 1. The normalized spacial score (nSPS) is 10.8. The van der Waals surface area contributed by atoms with Crippen LogP contribution >= 0.6 is 0 Å². The molecule has 0 aliphatic carbocycles. The maximum absolute atomic E-state index is 13.3. The van der Waals surface area contributed by atoms with Crippen molar-refractivity contribution in [1.29, 1.82) is 0 Å². The smallest absolute Gasteiger partial charge is 0.358 e. The Morgan fingerprint density at radius 2 is 2.00 bits per heavy atom. The van der Waals surface area contributed by atoms with Crippen LogP contribution in [0.1, 0.15) is 21.8 Å². The summed E-state index contributed by atoms with van der Waals surface area (Å²) >= 11 is 0. The number of carboxylic acids is 1. The van der Waals surface area contributed by atoms with Crippen molar-refractivity contribution in [3.63, 3.8) is 0 Å². The molecule has 5 nitrogen and oxygen atoms in total. The van der Waals surface area contributed by atoms with Gasteiger partial charge in [-0.25, -0.2) is 18.0 Å². The molecule has 0 atom stereocenters. The number of carboxylic acid groups (broad SMARTS) is 1. The molecule has 8 heteroatoms. The molecule has 1 N–H and O–H groups in total. The summed E-state index contributed by atoms with van der Waals surface area (Å²) in [5.74, 6) is -5.32. The van der Waals surface area contributed by atoms with Gasteiger partial charge in [-0.1, -0.05) is 11.2 Å². The number of carbonyl (C=O) groups is 1. The summed E-state index contributed by atoms with van der Waals surface area (Å²) in [7, 11) is 0. The minimum absolute atomic E-state index is 0.116. The van der Waals surface area contributed by atoms with E-state index in [2.05, 4.69) is 9.68 Å². The average Bonchev–Trinajstić information content (AvgIpc) is 2.88. The topological polar surface area (TPSA) is 72.6 Å². The van der Waals surface area contributed by atoms with Gasteiger partial charge in [-0.05, 0) is 6.07 Å². The Morgan fingerprint density at radius 3 is 2.65 bits per heavy atom. The van der Waals surface area contributed by atoms with E-state index in [0.29, 0.717) is 0 Å². The number of rotatable bonds is 5. The van der Waals surface area contributed by atoms with Crippen molar-refractivity contribution in [2.75, 3.05) is 0 Å². The van der Waals surface area contributed by atoms with Crippen molar-refractivity contribution in [2.45, 2.75) is 13.2 Å². The zero-order chi connectivity index (χ0) is 14.7. The standard InChI is InChI=1S/C12H8F3NO4/c13-8-2-1-6(10(14)11(8)15)4-19-5-7-3-9(12(17)18)16-20-7/h1-3H,4-5H2,(H,17,18). The zero-order valence-electron chi connectivity index (χ0n) is 9.90. The lowest BCUT2D eigenvalue weighted by Gasteiger charge is -2.04. The van der Waals surface area contributed by atoms with Gasteiger partial charge in [0.2, 0.25) is 0 Å². The number of hydrogen-bond acceptors (Lipinski definition) is 4. The van der Waals surface area contributed by atoms with Crippen molar-refractivity contribution < 1.29 is 32.3 Å². The highest BCUT2D eigenvalue weighted by atomic mass is 19.2. The number of nitrogens with zero attached hydrogens (tertiary/aromatic N) is 1. The van der Waals surface area contributed by atoms with Crippen LogP contribution in [0.25, 0.3) is 0 Å². The zero-order valence-corrected chi connectivity index (χ0v) is 9.90. The van der Waals surface area contributed by atoms with Gasteiger partial charge in [0.1, 0.15) is 6.61 Å².